The van der Waals surface area contributed by atoms with E-state index in [1.165, 1.54) is 7.11 Å². The molecule has 0 aliphatic heterocycles. The number of hydrogen-bond acceptors (Lipinski definition) is 5. The molecule has 142 valence electrons. The number of carbonyl (C=O) groups excluding carboxylic acids is 2. The number of nitrogens with zero attached hydrogens (tertiary/aromatic N) is 3. The van der Waals surface area contributed by atoms with E-state index in [-0.39, 0.29) is 5.91 Å². The number of esters is 1. The second-order valence-electron chi connectivity index (χ2n) is 6.47. The Bertz CT molecular complexity index is 776. The van der Waals surface area contributed by atoms with Crippen LogP contribution in [0.25, 0.3) is 0 Å². The molecule has 2 aromatic heterocycles. The van der Waals surface area contributed by atoms with E-state index in [1.807, 2.05) is 21.0 Å². The molecular weight excluding hydrogens is 334 g/mol. The summed E-state index contributed by atoms with van der Waals surface area (Å²) in [6, 6.07) is 0. The Hall–Kier alpha value is -2.61. The lowest BCUT2D eigenvalue weighted by Gasteiger charge is -2.08. The number of H-pyrrole nitrogens is 1. The molecule has 1 amide bonds. The molecular formula is C18H27N5O3. The number of aromatic nitrogens is 3. The first kappa shape index (κ1) is 19.7. The summed E-state index contributed by atoms with van der Waals surface area (Å²) in [5.74, 6) is -0.725. The molecule has 0 radical (unpaired) electrons. The van der Waals surface area contributed by atoms with Crippen molar-refractivity contribution in [3.8, 4) is 0 Å². The van der Waals surface area contributed by atoms with Gasteiger partial charge in [0.25, 0.3) is 5.91 Å². The standard InChI is InChI=1S/C18H27N5O3/c1-6-7-14-15(18(25)26-5)12(2)20-16(14)17(24)21-13-10-19-23(11-13)9-8-22(3)4/h10-11,20H,6-9H2,1-5H3,(H,21,24). The number of hydrogen-bond donors (Lipinski definition) is 2. The smallest absolute Gasteiger partial charge is 0.339 e. The highest BCUT2D eigenvalue weighted by molar-refractivity contribution is 6.06. The first-order chi connectivity index (χ1) is 12.4. The topological polar surface area (TPSA) is 92.3 Å². The fourth-order valence-electron chi connectivity index (χ4n) is 2.80. The molecule has 0 fully saturated rings. The summed E-state index contributed by atoms with van der Waals surface area (Å²) < 4.78 is 6.64. The zero-order chi connectivity index (χ0) is 19.3. The average Bonchev–Trinajstić information content (AvgIpc) is 3.17. The highest BCUT2D eigenvalue weighted by atomic mass is 16.5. The molecule has 8 heteroatoms. The molecule has 0 spiro atoms. The maximum absolute atomic E-state index is 12.7. The van der Waals surface area contributed by atoms with E-state index < -0.39 is 5.97 Å². The predicted molar refractivity (Wildman–Crippen MR) is 99.6 cm³/mol. The highest BCUT2D eigenvalue weighted by Crippen LogP contribution is 2.22. The van der Waals surface area contributed by atoms with Gasteiger partial charge in [0.1, 0.15) is 5.69 Å². The van der Waals surface area contributed by atoms with Crippen LogP contribution in [0, 0.1) is 6.92 Å². The van der Waals surface area contributed by atoms with E-state index in [4.69, 9.17) is 4.74 Å². The van der Waals surface area contributed by atoms with Gasteiger partial charge >= 0.3 is 5.97 Å². The number of anilines is 1. The number of amides is 1. The Morgan fingerprint density at radius 1 is 1.38 bits per heavy atom. The Balaban J connectivity index is 2.20. The van der Waals surface area contributed by atoms with Crippen molar-refractivity contribution in [2.24, 2.45) is 0 Å². The lowest BCUT2D eigenvalue weighted by atomic mass is 10.0. The molecule has 0 unspecified atom stereocenters. The van der Waals surface area contributed by atoms with E-state index in [0.29, 0.717) is 34.6 Å². The second kappa shape index (κ2) is 8.66. The van der Waals surface area contributed by atoms with Gasteiger partial charge in [-0.3, -0.25) is 9.48 Å². The monoisotopic (exact) mass is 361 g/mol. The fourth-order valence-corrected chi connectivity index (χ4v) is 2.80. The summed E-state index contributed by atoms with van der Waals surface area (Å²) in [4.78, 5) is 29.9. The Kier molecular flexibility index (Phi) is 6.57. The largest absolute Gasteiger partial charge is 0.465 e. The molecule has 8 nitrogen and oxygen atoms in total. The van der Waals surface area contributed by atoms with Crippen LogP contribution in [0.1, 0.15) is 45.4 Å². The minimum absolute atomic E-state index is 0.293. The van der Waals surface area contributed by atoms with E-state index >= 15 is 0 Å². The van der Waals surface area contributed by atoms with Crippen molar-refractivity contribution >= 4 is 17.6 Å². The van der Waals surface area contributed by atoms with Crippen LogP contribution in [0.15, 0.2) is 12.4 Å². The van der Waals surface area contributed by atoms with Crippen LogP contribution in [0.2, 0.25) is 0 Å². The summed E-state index contributed by atoms with van der Waals surface area (Å²) >= 11 is 0. The SMILES string of the molecule is CCCc1c(C(=O)Nc2cnn(CCN(C)C)c2)[nH]c(C)c1C(=O)OC. The molecule has 2 N–H and O–H groups in total. The minimum atomic E-state index is -0.433. The third-order valence-corrected chi connectivity index (χ3v) is 4.08. The van der Waals surface area contributed by atoms with Gasteiger partial charge in [0.2, 0.25) is 0 Å². The van der Waals surface area contributed by atoms with Gasteiger partial charge in [-0.1, -0.05) is 13.3 Å². The van der Waals surface area contributed by atoms with Gasteiger partial charge < -0.3 is 19.9 Å². The molecule has 0 aliphatic carbocycles. The van der Waals surface area contributed by atoms with Crippen molar-refractivity contribution in [2.75, 3.05) is 33.1 Å². The summed E-state index contributed by atoms with van der Waals surface area (Å²) in [7, 11) is 5.33. The van der Waals surface area contributed by atoms with Crippen LogP contribution in [-0.4, -0.2) is 59.3 Å². The number of methoxy groups -OCH3 is 1. The third-order valence-electron chi connectivity index (χ3n) is 4.08. The van der Waals surface area contributed by atoms with E-state index in [2.05, 4.69) is 20.3 Å². The first-order valence-corrected chi connectivity index (χ1v) is 8.65. The van der Waals surface area contributed by atoms with Gasteiger partial charge in [0.15, 0.2) is 0 Å². The first-order valence-electron chi connectivity index (χ1n) is 8.65. The Morgan fingerprint density at radius 3 is 2.73 bits per heavy atom. The zero-order valence-corrected chi connectivity index (χ0v) is 16.0. The summed E-state index contributed by atoms with van der Waals surface area (Å²) in [5.41, 5.74) is 2.77. The molecule has 0 bridgehead atoms. The van der Waals surface area contributed by atoms with Gasteiger partial charge in [-0.05, 0) is 33.0 Å². The van der Waals surface area contributed by atoms with E-state index in [9.17, 15) is 9.59 Å². The molecule has 0 atom stereocenters. The maximum atomic E-state index is 12.7. The van der Waals surface area contributed by atoms with E-state index in [0.717, 1.165) is 19.5 Å². The molecule has 2 rings (SSSR count). The lowest BCUT2D eigenvalue weighted by Crippen LogP contribution is -2.18. The van der Waals surface area contributed by atoms with Crippen molar-refractivity contribution in [1.82, 2.24) is 19.7 Å². The molecule has 2 aromatic rings. The minimum Gasteiger partial charge on any atom is -0.465 e. The summed E-state index contributed by atoms with van der Waals surface area (Å²) in [5, 5.41) is 7.09. The number of aromatic amines is 1. The quantitative estimate of drug-likeness (QED) is 0.702. The van der Waals surface area contributed by atoms with Crippen molar-refractivity contribution in [1.29, 1.82) is 0 Å². The van der Waals surface area contributed by atoms with E-state index in [1.54, 1.807) is 24.0 Å². The number of rotatable bonds is 8. The molecule has 0 saturated heterocycles. The van der Waals surface area contributed by atoms with Crippen LogP contribution in [0.4, 0.5) is 5.69 Å². The summed E-state index contributed by atoms with van der Waals surface area (Å²) in [6.07, 6.45) is 4.83. The van der Waals surface area contributed by atoms with Crippen LogP contribution >= 0.6 is 0 Å². The number of nitrogens with one attached hydrogen (secondary N) is 2. The third kappa shape index (κ3) is 4.51. The van der Waals surface area contributed by atoms with Crippen molar-refractivity contribution in [2.45, 2.75) is 33.2 Å². The molecule has 2 heterocycles. The fraction of sp³-hybridized carbons (Fsp3) is 0.500. The number of aryl methyl sites for hydroxylation is 1. The Labute approximate surface area is 153 Å². The van der Waals surface area contributed by atoms with Crippen molar-refractivity contribution < 1.29 is 14.3 Å². The normalized spacial score (nSPS) is 11.0. The van der Waals surface area contributed by atoms with Crippen LogP contribution < -0.4 is 5.32 Å². The number of carbonyl (C=O) groups is 2. The zero-order valence-electron chi connectivity index (χ0n) is 16.0. The molecule has 26 heavy (non-hydrogen) atoms. The molecule has 0 saturated carbocycles. The summed E-state index contributed by atoms with van der Waals surface area (Å²) in [6.45, 7) is 5.35. The number of ether oxygens (including phenoxy) is 1. The van der Waals surface area contributed by atoms with Crippen LogP contribution in [0.5, 0.6) is 0 Å². The van der Waals surface area contributed by atoms with Crippen molar-refractivity contribution in [3.63, 3.8) is 0 Å². The van der Waals surface area contributed by atoms with Gasteiger partial charge in [0, 0.05) is 18.4 Å². The predicted octanol–water partition coefficient (Wildman–Crippen LogP) is 2.07. The van der Waals surface area contributed by atoms with Crippen molar-refractivity contribution in [3.05, 3.63) is 34.9 Å². The average molecular weight is 361 g/mol. The second-order valence-corrected chi connectivity index (χ2v) is 6.47. The van der Waals surface area contributed by atoms with Crippen LogP contribution in [0.3, 0.4) is 0 Å². The number of likely N-dealkylation sites (N-methyl/N-ethyl adjacent to an activating group) is 1. The van der Waals surface area contributed by atoms with Gasteiger partial charge in [-0.15, -0.1) is 0 Å². The molecule has 0 aromatic carbocycles. The van der Waals surface area contributed by atoms with Gasteiger partial charge in [-0.25, -0.2) is 4.79 Å². The van der Waals surface area contributed by atoms with Gasteiger partial charge in [0.05, 0.1) is 31.1 Å². The molecule has 0 aliphatic rings. The highest BCUT2D eigenvalue weighted by Gasteiger charge is 2.24. The van der Waals surface area contributed by atoms with Crippen LogP contribution in [-0.2, 0) is 17.7 Å². The lowest BCUT2D eigenvalue weighted by molar-refractivity contribution is 0.0599. The maximum Gasteiger partial charge on any atom is 0.339 e. The van der Waals surface area contributed by atoms with Gasteiger partial charge in [-0.2, -0.15) is 5.10 Å². The Morgan fingerprint density at radius 2 is 2.12 bits per heavy atom.